The molecule has 8 unspecified atom stereocenters. The fraction of sp³-hybridized carbons (Fsp3) is 0.884. The van der Waals surface area contributed by atoms with Gasteiger partial charge in [0.15, 0.2) is 6.29 Å². The average Bonchev–Trinajstić information content (AvgIpc) is 3.18. The molecule has 0 aromatic rings. The minimum atomic E-state index is -5.11. The molecular formula is C43H81NO12S. The van der Waals surface area contributed by atoms with E-state index in [-0.39, 0.29) is 6.42 Å². The number of hydrogen-bond acceptors (Lipinski definition) is 11. The molecule has 0 bridgehead atoms. The lowest BCUT2D eigenvalue weighted by Crippen LogP contribution is -2.61. The van der Waals surface area contributed by atoms with E-state index in [1.807, 2.05) is 0 Å². The molecule has 1 fully saturated rings. The summed E-state index contributed by atoms with van der Waals surface area (Å²) in [7, 11) is -5.11. The lowest BCUT2D eigenvalue weighted by atomic mass is 9.99. The number of carbonyl (C=O) groups excluding carboxylic acids is 1. The van der Waals surface area contributed by atoms with Crippen molar-refractivity contribution in [2.45, 2.75) is 230 Å². The first-order valence-corrected chi connectivity index (χ1v) is 23.7. The largest absolute Gasteiger partial charge is 0.397 e. The number of aliphatic hydroxyl groups excluding tert-OH is 5. The molecule has 0 radical (unpaired) electrons. The van der Waals surface area contributed by atoms with E-state index in [1.54, 1.807) is 6.08 Å². The first-order chi connectivity index (χ1) is 27.4. The molecule has 14 heteroatoms. The molecule has 8 atom stereocenters. The number of amides is 1. The zero-order valence-electron chi connectivity index (χ0n) is 35.3. The summed E-state index contributed by atoms with van der Waals surface area (Å²) in [6.07, 6.45) is 26.1. The second-order valence-electron chi connectivity index (χ2n) is 15.8. The van der Waals surface area contributed by atoms with Crippen LogP contribution in [0.2, 0.25) is 0 Å². The van der Waals surface area contributed by atoms with Gasteiger partial charge in [0.05, 0.1) is 25.4 Å². The third kappa shape index (κ3) is 27.1. The van der Waals surface area contributed by atoms with Gasteiger partial charge in [-0.25, -0.2) is 4.18 Å². The van der Waals surface area contributed by atoms with Gasteiger partial charge in [-0.1, -0.05) is 160 Å². The Labute approximate surface area is 345 Å². The predicted molar refractivity (Wildman–Crippen MR) is 224 cm³/mol. The van der Waals surface area contributed by atoms with Crippen LogP contribution in [0.3, 0.4) is 0 Å². The van der Waals surface area contributed by atoms with Gasteiger partial charge in [-0.15, -0.1) is 0 Å². The van der Waals surface area contributed by atoms with Gasteiger partial charge in [-0.05, 0) is 44.9 Å². The first-order valence-electron chi connectivity index (χ1n) is 22.3. The van der Waals surface area contributed by atoms with Crippen molar-refractivity contribution in [1.29, 1.82) is 0 Å². The van der Waals surface area contributed by atoms with Crippen LogP contribution in [0, 0.1) is 0 Å². The van der Waals surface area contributed by atoms with Crippen molar-refractivity contribution in [1.82, 2.24) is 5.32 Å². The Bertz CT molecular complexity index is 1140. The summed E-state index contributed by atoms with van der Waals surface area (Å²) in [5, 5.41) is 54.7. The molecule has 0 aromatic heterocycles. The normalized spacial score (nSPS) is 22.0. The zero-order valence-corrected chi connectivity index (χ0v) is 36.1. The van der Waals surface area contributed by atoms with Gasteiger partial charge in [-0.2, -0.15) is 8.42 Å². The van der Waals surface area contributed by atoms with Crippen LogP contribution in [-0.2, 0) is 28.9 Å². The Kier molecular flexibility index (Phi) is 32.2. The summed E-state index contributed by atoms with van der Waals surface area (Å²) in [5.41, 5.74) is 0. The van der Waals surface area contributed by atoms with Crippen LogP contribution in [-0.4, -0.2) is 107 Å². The Morgan fingerprint density at radius 2 is 1.16 bits per heavy atom. The van der Waals surface area contributed by atoms with Gasteiger partial charge in [-0.3, -0.25) is 9.35 Å². The second kappa shape index (κ2) is 34.3. The molecule has 7 N–H and O–H groups in total. The number of carbonyl (C=O) groups is 1. The van der Waals surface area contributed by atoms with Crippen LogP contribution < -0.4 is 5.32 Å². The van der Waals surface area contributed by atoms with Crippen molar-refractivity contribution in [3.8, 4) is 0 Å². The Hall–Kier alpha value is -1.46. The van der Waals surface area contributed by atoms with Crippen molar-refractivity contribution in [3.63, 3.8) is 0 Å². The first kappa shape index (κ1) is 53.6. The second-order valence-corrected chi connectivity index (χ2v) is 16.8. The van der Waals surface area contributed by atoms with Crippen LogP contribution >= 0.6 is 0 Å². The van der Waals surface area contributed by atoms with Crippen molar-refractivity contribution >= 4 is 16.3 Å². The summed E-state index contributed by atoms with van der Waals surface area (Å²) in [6.45, 7) is 3.10. The molecule has 0 spiro atoms. The number of allylic oxidation sites excluding steroid dienone is 3. The van der Waals surface area contributed by atoms with Gasteiger partial charge >= 0.3 is 10.4 Å². The summed E-state index contributed by atoms with van der Waals surface area (Å²) < 4.78 is 47.2. The quantitative estimate of drug-likeness (QED) is 0.0189. The van der Waals surface area contributed by atoms with E-state index in [0.717, 1.165) is 64.2 Å². The maximum absolute atomic E-state index is 13.0. The van der Waals surface area contributed by atoms with Crippen LogP contribution in [0.25, 0.3) is 0 Å². The fourth-order valence-electron chi connectivity index (χ4n) is 6.98. The zero-order chi connectivity index (χ0) is 42.2. The molecule has 57 heavy (non-hydrogen) atoms. The fourth-order valence-corrected chi connectivity index (χ4v) is 7.49. The highest BCUT2D eigenvalue weighted by Crippen LogP contribution is 2.26. The van der Waals surface area contributed by atoms with Crippen LogP contribution in [0.5, 0.6) is 0 Å². The molecule has 336 valence electrons. The summed E-state index contributed by atoms with van der Waals surface area (Å²) in [5.74, 6) is -0.712. The van der Waals surface area contributed by atoms with E-state index in [0.29, 0.717) is 12.8 Å². The van der Waals surface area contributed by atoms with E-state index in [2.05, 4.69) is 35.5 Å². The van der Waals surface area contributed by atoms with E-state index in [4.69, 9.17) is 14.0 Å². The van der Waals surface area contributed by atoms with Crippen molar-refractivity contribution in [2.75, 3.05) is 13.2 Å². The van der Waals surface area contributed by atoms with Crippen molar-refractivity contribution in [3.05, 3.63) is 24.3 Å². The lowest BCUT2D eigenvalue weighted by molar-refractivity contribution is -0.298. The maximum atomic E-state index is 13.0. The van der Waals surface area contributed by atoms with E-state index < -0.39 is 78.5 Å². The third-order valence-corrected chi connectivity index (χ3v) is 11.0. The maximum Gasteiger partial charge on any atom is 0.397 e. The summed E-state index contributed by atoms with van der Waals surface area (Å²) >= 11 is 0. The number of ether oxygens (including phenoxy) is 2. The topological polar surface area (TPSA) is 212 Å². The van der Waals surface area contributed by atoms with Gasteiger partial charge in [0.1, 0.15) is 30.5 Å². The van der Waals surface area contributed by atoms with Gasteiger partial charge in [0.25, 0.3) is 0 Å². The smallest absolute Gasteiger partial charge is 0.394 e. The SMILES string of the molecule is CCCCCC/C=C/C(O)C(COC1OC(CO)C(O)C(OS(=O)(=O)O)C1O)NC(=O)C(O)CCCCCCCC/C=C\CCCCCCCCCCCCCC. The number of unbranched alkanes of at least 4 members (excludes halogenated alkanes) is 22. The number of hydrogen-bond donors (Lipinski definition) is 7. The molecule has 1 aliphatic heterocycles. The molecule has 0 saturated carbocycles. The van der Waals surface area contributed by atoms with Crippen molar-refractivity contribution < 1.29 is 57.0 Å². The van der Waals surface area contributed by atoms with Gasteiger partial charge in [0.2, 0.25) is 5.91 Å². The lowest BCUT2D eigenvalue weighted by Gasteiger charge is -2.41. The van der Waals surface area contributed by atoms with Gasteiger partial charge < -0.3 is 40.3 Å². The molecule has 1 aliphatic rings. The van der Waals surface area contributed by atoms with Crippen molar-refractivity contribution in [2.24, 2.45) is 0 Å². The monoisotopic (exact) mass is 836 g/mol. The van der Waals surface area contributed by atoms with E-state index in [1.165, 1.54) is 89.5 Å². The third-order valence-electron chi connectivity index (χ3n) is 10.6. The molecule has 13 nitrogen and oxygen atoms in total. The highest BCUT2D eigenvalue weighted by Gasteiger charge is 2.48. The number of aliphatic hydroxyl groups is 5. The van der Waals surface area contributed by atoms with E-state index >= 15 is 0 Å². The molecule has 0 aromatic carbocycles. The van der Waals surface area contributed by atoms with Crippen LogP contribution in [0.15, 0.2) is 24.3 Å². The Balaban J connectivity index is 2.40. The molecular weight excluding hydrogens is 755 g/mol. The standard InChI is InChI=1S/C43H81NO12S/c1-3-5-7-9-11-12-13-14-15-16-17-18-19-20-21-22-23-24-25-26-28-30-32-37(47)42(50)44-35(36(46)31-29-27-10-8-6-4-2)34-54-43-40(49)41(56-57(51,52)53)39(48)38(33-45)55-43/h20-21,29,31,35-41,43,45-49H,3-19,22-28,30,32-34H2,1-2H3,(H,44,50)(H,51,52,53)/b21-20-,31-29+. The van der Waals surface area contributed by atoms with Gasteiger partial charge in [0, 0.05) is 0 Å². The molecule has 1 rings (SSSR count). The number of nitrogens with one attached hydrogen (secondary N) is 1. The Morgan fingerprint density at radius 1 is 0.702 bits per heavy atom. The minimum absolute atomic E-state index is 0.236. The minimum Gasteiger partial charge on any atom is -0.394 e. The predicted octanol–water partition coefficient (Wildman–Crippen LogP) is 7.13. The average molecular weight is 836 g/mol. The molecule has 1 amide bonds. The molecule has 0 aliphatic carbocycles. The molecule has 1 saturated heterocycles. The summed E-state index contributed by atoms with van der Waals surface area (Å²) in [6, 6.07) is -1.12. The highest BCUT2D eigenvalue weighted by molar-refractivity contribution is 7.80. The summed E-state index contributed by atoms with van der Waals surface area (Å²) in [4.78, 5) is 13.0. The van der Waals surface area contributed by atoms with Crippen LogP contribution in [0.1, 0.15) is 181 Å². The van der Waals surface area contributed by atoms with E-state index in [9.17, 15) is 38.7 Å². The highest BCUT2D eigenvalue weighted by atomic mass is 32.3. The van der Waals surface area contributed by atoms with Crippen LogP contribution in [0.4, 0.5) is 0 Å². The molecule has 1 heterocycles. The number of rotatable bonds is 37. The Morgan fingerprint density at radius 3 is 1.65 bits per heavy atom.